The summed E-state index contributed by atoms with van der Waals surface area (Å²) in [4.78, 5) is 29.4. The fourth-order valence-corrected chi connectivity index (χ4v) is 3.18. The van der Waals surface area contributed by atoms with Gasteiger partial charge in [0.25, 0.3) is 5.88 Å². The Morgan fingerprint density at radius 3 is 2.72 bits per heavy atom. The van der Waals surface area contributed by atoms with E-state index in [1.165, 1.54) is 25.6 Å². The average Bonchev–Trinajstić information content (AvgIpc) is 3.03. The van der Waals surface area contributed by atoms with Gasteiger partial charge in [-0.15, -0.1) is 11.3 Å². The minimum Gasteiger partial charge on any atom is -0.491 e. The number of carbonyl (C=O) groups excluding carboxylic acids is 2. The molecule has 0 fully saturated rings. The molecule has 0 aromatic carbocycles. The third-order valence-corrected chi connectivity index (χ3v) is 4.66. The third-order valence-electron chi connectivity index (χ3n) is 3.57. The van der Waals surface area contributed by atoms with Crippen LogP contribution >= 0.6 is 11.3 Å². The van der Waals surface area contributed by atoms with Crippen LogP contribution in [0.5, 0.6) is 11.6 Å². The Morgan fingerprint density at radius 2 is 2.08 bits per heavy atom. The fourth-order valence-electron chi connectivity index (χ4n) is 2.22. The molecule has 0 aliphatic rings. The maximum atomic E-state index is 12.4. The van der Waals surface area contributed by atoms with Gasteiger partial charge in [0.1, 0.15) is 4.83 Å². The molecule has 2 aromatic rings. The number of rotatable bonds is 9. The van der Waals surface area contributed by atoms with Gasteiger partial charge in [0.15, 0.2) is 11.5 Å². The number of carbonyl (C=O) groups is 2. The number of hydrogen-bond acceptors (Lipinski definition) is 8. The van der Waals surface area contributed by atoms with Crippen LogP contribution in [0, 0.1) is 5.92 Å². The summed E-state index contributed by atoms with van der Waals surface area (Å²) in [6.45, 7) is 2.01. The third kappa shape index (κ3) is 4.67. The van der Waals surface area contributed by atoms with Crippen molar-refractivity contribution in [3.05, 3.63) is 17.0 Å². The highest BCUT2D eigenvalue weighted by molar-refractivity contribution is 7.20. The first-order valence-corrected chi connectivity index (χ1v) is 8.65. The number of esters is 1. The molecular formula is C17H21NO6S. The molecule has 136 valence electrons. The van der Waals surface area contributed by atoms with E-state index < -0.39 is 11.9 Å². The van der Waals surface area contributed by atoms with Crippen molar-refractivity contribution in [2.75, 3.05) is 27.4 Å². The Hall–Kier alpha value is -2.19. The number of ketones is 1. The molecule has 8 heteroatoms. The minimum absolute atomic E-state index is 0.0284. The number of thiophene rings is 1. The van der Waals surface area contributed by atoms with Crippen molar-refractivity contribution >= 4 is 33.3 Å². The van der Waals surface area contributed by atoms with Crippen LogP contribution in [-0.2, 0) is 9.53 Å². The molecule has 0 radical (unpaired) electrons. The summed E-state index contributed by atoms with van der Waals surface area (Å²) in [5.74, 6) is -0.253. The highest BCUT2D eigenvalue weighted by Gasteiger charge is 2.21. The quantitative estimate of drug-likeness (QED) is 0.413. The van der Waals surface area contributed by atoms with E-state index in [0.717, 1.165) is 5.39 Å². The van der Waals surface area contributed by atoms with E-state index in [2.05, 4.69) is 9.72 Å². The topological polar surface area (TPSA) is 95.0 Å². The van der Waals surface area contributed by atoms with Crippen LogP contribution in [0.15, 0.2) is 12.1 Å². The van der Waals surface area contributed by atoms with Gasteiger partial charge in [-0.2, -0.15) is 4.98 Å². The Morgan fingerprint density at radius 1 is 1.32 bits per heavy atom. The zero-order chi connectivity index (χ0) is 18.4. The van der Waals surface area contributed by atoms with Gasteiger partial charge in [0, 0.05) is 24.8 Å². The lowest BCUT2D eigenvalue weighted by Gasteiger charge is -2.08. The molecule has 2 rings (SSSR count). The summed E-state index contributed by atoms with van der Waals surface area (Å²) in [6.07, 6.45) is 0.568. The van der Waals surface area contributed by atoms with Gasteiger partial charge in [0.05, 0.1) is 31.6 Å². The van der Waals surface area contributed by atoms with E-state index in [1.54, 1.807) is 19.1 Å². The summed E-state index contributed by atoms with van der Waals surface area (Å²) in [5, 5.41) is 9.60. The van der Waals surface area contributed by atoms with Crippen molar-refractivity contribution in [1.29, 1.82) is 0 Å². The number of nitrogens with zero attached hydrogens (tertiary/aromatic N) is 1. The summed E-state index contributed by atoms with van der Waals surface area (Å²) in [7, 11) is 2.81. The number of aromatic nitrogens is 1. The molecule has 0 saturated carbocycles. The second-order valence-corrected chi connectivity index (χ2v) is 6.51. The van der Waals surface area contributed by atoms with Crippen molar-refractivity contribution in [3.63, 3.8) is 0 Å². The van der Waals surface area contributed by atoms with E-state index in [1.807, 2.05) is 0 Å². The fraction of sp³-hybridized carbons (Fsp3) is 0.471. The van der Waals surface area contributed by atoms with Crippen molar-refractivity contribution in [2.45, 2.75) is 19.8 Å². The van der Waals surface area contributed by atoms with Crippen LogP contribution in [0.1, 0.15) is 29.4 Å². The van der Waals surface area contributed by atoms with E-state index in [-0.39, 0.29) is 18.8 Å². The first-order chi connectivity index (χ1) is 12.0. The molecule has 0 bridgehead atoms. The molecule has 0 aliphatic heterocycles. The highest BCUT2D eigenvalue weighted by Crippen LogP contribution is 2.34. The van der Waals surface area contributed by atoms with Gasteiger partial charge in [-0.05, 0) is 12.1 Å². The second-order valence-electron chi connectivity index (χ2n) is 5.48. The molecule has 0 amide bonds. The number of methoxy groups -OCH3 is 2. The molecule has 0 spiro atoms. The highest BCUT2D eigenvalue weighted by atomic mass is 32.1. The molecule has 0 saturated heterocycles. The van der Waals surface area contributed by atoms with E-state index in [9.17, 15) is 9.59 Å². The van der Waals surface area contributed by atoms with Crippen molar-refractivity contribution in [3.8, 4) is 11.6 Å². The standard InChI is InChI=1S/C17H21NO6S/c1-10(17(21)23-3)7-12(20)14-9-11-8-13(22-2)15(18-16(11)25-14)24-6-4-5-19/h8-10,19H,4-7H2,1-3H3/t10-/m0/s1. The molecule has 7 nitrogen and oxygen atoms in total. The predicted octanol–water partition coefficient (Wildman–Crippen LogP) is 2.45. The zero-order valence-corrected chi connectivity index (χ0v) is 15.2. The summed E-state index contributed by atoms with van der Waals surface area (Å²) in [5.41, 5.74) is 0. The second kappa shape index (κ2) is 8.77. The van der Waals surface area contributed by atoms with Crippen LogP contribution in [-0.4, -0.2) is 49.3 Å². The Kier molecular flexibility index (Phi) is 6.72. The number of fused-ring (bicyclic) bond motifs is 1. The van der Waals surface area contributed by atoms with Crippen LogP contribution in [0.2, 0.25) is 0 Å². The smallest absolute Gasteiger partial charge is 0.308 e. The largest absolute Gasteiger partial charge is 0.491 e. The van der Waals surface area contributed by atoms with Gasteiger partial charge in [0.2, 0.25) is 0 Å². The first-order valence-electron chi connectivity index (χ1n) is 7.83. The maximum absolute atomic E-state index is 12.4. The molecule has 0 unspecified atom stereocenters. The van der Waals surface area contributed by atoms with E-state index in [4.69, 9.17) is 14.6 Å². The van der Waals surface area contributed by atoms with Gasteiger partial charge in [-0.3, -0.25) is 9.59 Å². The van der Waals surface area contributed by atoms with Crippen LogP contribution in [0.3, 0.4) is 0 Å². The number of hydrogen-bond donors (Lipinski definition) is 1. The van der Waals surface area contributed by atoms with Gasteiger partial charge >= 0.3 is 5.97 Å². The average molecular weight is 367 g/mol. The maximum Gasteiger partial charge on any atom is 0.308 e. The van der Waals surface area contributed by atoms with Crippen LogP contribution in [0.25, 0.3) is 10.2 Å². The monoisotopic (exact) mass is 367 g/mol. The van der Waals surface area contributed by atoms with Gasteiger partial charge < -0.3 is 19.3 Å². The Bertz CT molecular complexity index is 757. The molecular weight excluding hydrogens is 346 g/mol. The number of aliphatic hydroxyl groups excluding tert-OH is 1. The number of pyridine rings is 1. The normalized spacial score (nSPS) is 12.0. The zero-order valence-electron chi connectivity index (χ0n) is 14.4. The predicted molar refractivity (Wildman–Crippen MR) is 93.5 cm³/mol. The molecule has 2 aromatic heterocycles. The van der Waals surface area contributed by atoms with Crippen LogP contribution in [0.4, 0.5) is 0 Å². The molecule has 2 heterocycles. The van der Waals surface area contributed by atoms with E-state index in [0.29, 0.717) is 34.4 Å². The summed E-state index contributed by atoms with van der Waals surface area (Å²) < 4.78 is 15.4. The molecule has 1 N–H and O–H groups in total. The Balaban J connectivity index is 2.23. The van der Waals surface area contributed by atoms with Crippen molar-refractivity contribution in [2.24, 2.45) is 5.92 Å². The van der Waals surface area contributed by atoms with Crippen molar-refractivity contribution < 1.29 is 28.9 Å². The Labute approximate surface area is 149 Å². The summed E-state index contributed by atoms with van der Waals surface area (Å²) in [6, 6.07) is 3.49. The first kappa shape index (κ1) is 19.1. The van der Waals surface area contributed by atoms with E-state index >= 15 is 0 Å². The van der Waals surface area contributed by atoms with Gasteiger partial charge in [-0.25, -0.2) is 0 Å². The molecule has 25 heavy (non-hydrogen) atoms. The van der Waals surface area contributed by atoms with Gasteiger partial charge in [-0.1, -0.05) is 6.92 Å². The molecule has 0 aliphatic carbocycles. The SMILES string of the molecule is COC(=O)[C@@H](C)CC(=O)c1cc2cc(OC)c(OCCCO)nc2s1. The number of aliphatic hydroxyl groups is 1. The van der Waals surface area contributed by atoms with Crippen LogP contribution < -0.4 is 9.47 Å². The summed E-state index contributed by atoms with van der Waals surface area (Å²) >= 11 is 1.24. The lowest BCUT2D eigenvalue weighted by Crippen LogP contribution is -2.16. The number of Topliss-reactive ketones (excluding diaryl/α,β-unsaturated/α-hetero) is 1. The minimum atomic E-state index is -0.498. The van der Waals surface area contributed by atoms with Crippen molar-refractivity contribution in [1.82, 2.24) is 4.98 Å². The lowest BCUT2D eigenvalue weighted by atomic mass is 10.0. The molecule has 1 atom stereocenters. The lowest BCUT2D eigenvalue weighted by molar-refractivity contribution is -0.144. The number of ether oxygens (including phenoxy) is 3.